The van der Waals surface area contributed by atoms with Crippen molar-refractivity contribution in [2.24, 2.45) is 11.8 Å². The molecule has 0 aliphatic heterocycles. The molecule has 0 spiro atoms. The standard InChI is InChI=1S/C46H77NO7Si2/c1-14-51-41(6)54-44(40(5)22-18-19-23-45(48)52-30-32-55(8,9)10)29-24-38(3)34-37(2)20-16-15-17-21-39(4)35-47(46(49)53-31-33-56(11,12)13)36-42-25-27-43(50-7)28-26-42/h15-16,18-20,22-28,39-41,44H,14,17,21,29-36H2,1-13H3/b16-15+,22-18+,23-19+,37-20+,38-24+/t39-,40-,41?,44-/m0/s1. The summed E-state index contributed by atoms with van der Waals surface area (Å²) in [6.45, 7) is 28.9. The Hall–Kier alpha value is -3.19. The van der Waals surface area contributed by atoms with Gasteiger partial charge in [0.2, 0.25) is 0 Å². The van der Waals surface area contributed by atoms with Gasteiger partial charge >= 0.3 is 12.1 Å². The van der Waals surface area contributed by atoms with Gasteiger partial charge in [0.1, 0.15) is 5.75 Å². The summed E-state index contributed by atoms with van der Waals surface area (Å²) >= 11 is 0. The molecule has 4 atom stereocenters. The summed E-state index contributed by atoms with van der Waals surface area (Å²) in [6, 6.07) is 9.79. The van der Waals surface area contributed by atoms with Gasteiger partial charge in [-0.1, -0.05) is 119 Å². The zero-order valence-corrected chi connectivity index (χ0v) is 39.3. The minimum absolute atomic E-state index is 0.0786. The van der Waals surface area contributed by atoms with Crippen LogP contribution in [0.2, 0.25) is 51.4 Å². The van der Waals surface area contributed by atoms with E-state index in [-0.39, 0.29) is 30.4 Å². The van der Waals surface area contributed by atoms with Gasteiger partial charge in [0.15, 0.2) is 6.29 Å². The molecule has 1 rings (SSSR count). The van der Waals surface area contributed by atoms with Gasteiger partial charge in [0, 0.05) is 47.8 Å². The molecule has 0 N–H and O–H groups in total. The van der Waals surface area contributed by atoms with Gasteiger partial charge in [-0.15, -0.1) is 0 Å². The van der Waals surface area contributed by atoms with Crippen LogP contribution in [0.4, 0.5) is 4.79 Å². The maximum Gasteiger partial charge on any atom is 0.410 e. The fraction of sp³-hybridized carbons (Fsp3) is 0.609. The summed E-state index contributed by atoms with van der Waals surface area (Å²) in [5, 5.41) is 0. The summed E-state index contributed by atoms with van der Waals surface area (Å²) < 4.78 is 28.4. The number of allylic oxidation sites excluding steroid dienone is 7. The largest absolute Gasteiger partial charge is 0.497 e. The van der Waals surface area contributed by atoms with Crippen molar-refractivity contribution < 1.29 is 33.3 Å². The van der Waals surface area contributed by atoms with Crippen LogP contribution in [-0.4, -0.2) is 79.0 Å². The maximum absolute atomic E-state index is 13.2. The molecule has 0 bridgehead atoms. The Labute approximate surface area is 343 Å². The van der Waals surface area contributed by atoms with Crippen molar-refractivity contribution in [3.05, 3.63) is 89.6 Å². The van der Waals surface area contributed by atoms with Crippen molar-refractivity contribution in [2.75, 3.05) is 33.5 Å². The van der Waals surface area contributed by atoms with Crippen molar-refractivity contribution in [3.63, 3.8) is 0 Å². The van der Waals surface area contributed by atoms with Crippen LogP contribution >= 0.6 is 0 Å². The van der Waals surface area contributed by atoms with Crippen molar-refractivity contribution in [1.29, 1.82) is 0 Å². The highest BCUT2D eigenvalue weighted by molar-refractivity contribution is 6.76. The number of hydrogen-bond donors (Lipinski definition) is 0. The van der Waals surface area contributed by atoms with Gasteiger partial charge in [-0.3, -0.25) is 0 Å². The Morgan fingerprint density at radius 3 is 2.11 bits per heavy atom. The van der Waals surface area contributed by atoms with E-state index in [4.69, 9.17) is 23.7 Å². The van der Waals surface area contributed by atoms with E-state index in [1.54, 1.807) is 13.2 Å². The molecule has 1 aromatic rings. The van der Waals surface area contributed by atoms with E-state index in [2.05, 4.69) is 97.4 Å². The number of hydrogen-bond acceptors (Lipinski definition) is 7. The van der Waals surface area contributed by atoms with Crippen LogP contribution in [0.5, 0.6) is 5.75 Å². The quantitative estimate of drug-likeness (QED) is 0.0218. The highest BCUT2D eigenvalue weighted by atomic mass is 28.3. The number of benzene rings is 1. The zero-order chi connectivity index (χ0) is 42.1. The Bertz CT molecular complexity index is 1420. The molecular weight excluding hydrogens is 735 g/mol. The SMILES string of the molecule is CCOC(C)O[C@@H](C/C=C(\C)C/C(C)=C/C=C/CC[C@H](C)CN(Cc1ccc(OC)cc1)C(=O)OCC[Si](C)(C)C)[C@@H](C)/C=C/C=C/C(=O)OCC[Si](C)(C)C. The van der Waals surface area contributed by atoms with Gasteiger partial charge in [0.25, 0.3) is 0 Å². The Kier molecular flexibility index (Phi) is 24.9. The lowest BCUT2D eigenvalue weighted by molar-refractivity contribution is -0.163. The van der Waals surface area contributed by atoms with Crippen LogP contribution in [0, 0.1) is 11.8 Å². The highest BCUT2D eigenvalue weighted by Gasteiger charge is 2.21. The molecule has 1 unspecified atom stereocenters. The van der Waals surface area contributed by atoms with Crippen molar-refractivity contribution in [1.82, 2.24) is 4.90 Å². The predicted molar refractivity (Wildman–Crippen MR) is 240 cm³/mol. The first-order valence-corrected chi connectivity index (χ1v) is 28.0. The molecule has 0 aromatic heterocycles. The zero-order valence-electron chi connectivity index (χ0n) is 37.3. The van der Waals surface area contributed by atoms with E-state index in [9.17, 15) is 9.59 Å². The molecule has 0 aliphatic rings. The average Bonchev–Trinajstić information content (AvgIpc) is 3.10. The van der Waals surface area contributed by atoms with Crippen LogP contribution in [-0.2, 0) is 30.3 Å². The normalized spacial score (nSPS) is 15.3. The van der Waals surface area contributed by atoms with Gasteiger partial charge in [-0.25, -0.2) is 9.59 Å². The second-order valence-corrected chi connectivity index (χ2v) is 28.8. The number of rotatable bonds is 27. The van der Waals surface area contributed by atoms with Crippen LogP contribution < -0.4 is 4.74 Å². The molecule has 0 radical (unpaired) electrons. The topological polar surface area (TPSA) is 83.5 Å². The van der Waals surface area contributed by atoms with E-state index in [1.165, 1.54) is 17.2 Å². The number of amides is 1. The number of esters is 1. The maximum atomic E-state index is 13.2. The Balaban J connectivity index is 2.75. The van der Waals surface area contributed by atoms with E-state index in [1.807, 2.05) is 49.1 Å². The van der Waals surface area contributed by atoms with Gasteiger partial charge in [-0.2, -0.15) is 0 Å². The van der Waals surface area contributed by atoms with Gasteiger partial charge in [-0.05, 0) is 89.1 Å². The van der Waals surface area contributed by atoms with E-state index >= 15 is 0 Å². The number of nitrogens with zero attached hydrogens (tertiary/aromatic N) is 1. The van der Waals surface area contributed by atoms with Crippen LogP contribution in [0.1, 0.15) is 72.8 Å². The van der Waals surface area contributed by atoms with Crippen LogP contribution in [0.25, 0.3) is 0 Å². The molecular formula is C46H77NO7Si2. The summed E-state index contributed by atoms with van der Waals surface area (Å²) in [5.41, 5.74) is 3.62. The first-order chi connectivity index (χ1) is 26.3. The average molecular weight is 812 g/mol. The number of methoxy groups -OCH3 is 1. The lowest BCUT2D eigenvalue weighted by Gasteiger charge is -2.26. The van der Waals surface area contributed by atoms with E-state index < -0.39 is 16.1 Å². The number of carbonyl (C=O) groups is 2. The Morgan fingerprint density at radius 1 is 0.857 bits per heavy atom. The lowest BCUT2D eigenvalue weighted by Crippen LogP contribution is -2.35. The third-order valence-electron chi connectivity index (χ3n) is 9.21. The van der Waals surface area contributed by atoms with Crippen LogP contribution in [0.3, 0.4) is 0 Å². The molecule has 10 heteroatoms. The third-order valence-corrected chi connectivity index (χ3v) is 12.6. The van der Waals surface area contributed by atoms with E-state index in [0.717, 1.165) is 49.1 Å². The molecule has 0 saturated carbocycles. The Morgan fingerprint density at radius 2 is 1.50 bits per heavy atom. The molecule has 8 nitrogen and oxygen atoms in total. The van der Waals surface area contributed by atoms with Crippen LogP contribution in [0.15, 0.2) is 84.0 Å². The molecule has 0 aliphatic carbocycles. The molecule has 1 amide bonds. The summed E-state index contributed by atoms with van der Waals surface area (Å²) in [5.74, 6) is 0.909. The second kappa shape index (κ2) is 27.4. The molecule has 0 heterocycles. The summed E-state index contributed by atoms with van der Waals surface area (Å²) in [4.78, 5) is 27.1. The first kappa shape index (κ1) is 50.8. The van der Waals surface area contributed by atoms with Crippen molar-refractivity contribution >= 4 is 28.2 Å². The van der Waals surface area contributed by atoms with Gasteiger partial charge < -0.3 is 28.6 Å². The minimum atomic E-state index is -1.30. The lowest BCUT2D eigenvalue weighted by atomic mass is 9.98. The number of ether oxygens (including phenoxy) is 5. The smallest absolute Gasteiger partial charge is 0.410 e. The van der Waals surface area contributed by atoms with Crippen molar-refractivity contribution in [2.45, 2.75) is 138 Å². The summed E-state index contributed by atoms with van der Waals surface area (Å²) in [7, 11) is -0.884. The molecule has 0 saturated heterocycles. The minimum Gasteiger partial charge on any atom is -0.497 e. The number of carbonyl (C=O) groups excluding carboxylic acids is 2. The third kappa shape index (κ3) is 25.9. The molecule has 56 heavy (non-hydrogen) atoms. The van der Waals surface area contributed by atoms with E-state index in [0.29, 0.717) is 38.8 Å². The molecule has 0 fully saturated rings. The molecule has 1 aromatic carbocycles. The molecule has 316 valence electrons. The first-order valence-electron chi connectivity index (χ1n) is 20.6. The fourth-order valence-electron chi connectivity index (χ4n) is 5.67. The second-order valence-electron chi connectivity index (χ2n) is 17.5. The van der Waals surface area contributed by atoms with Crippen molar-refractivity contribution in [3.8, 4) is 5.75 Å². The summed E-state index contributed by atoms with van der Waals surface area (Å²) in [6.07, 6.45) is 18.9. The monoisotopic (exact) mass is 812 g/mol. The predicted octanol–water partition coefficient (Wildman–Crippen LogP) is 12.0. The highest BCUT2D eigenvalue weighted by Crippen LogP contribution is 2.21. The fourth-order valence-corrected chi connectivity index (χ4v) is 7.10. The van der Waals surface area contributed by atoms with Gasteiger partial charge in [0.05, 0.1) is 26.4 Å².